The minimum Gasteiger partial charge on any atom is -0.460 e. The third-order valence-electron chi connectivity index (χ3n) is 3.05. The van der Waals surface area contributed by atoms with Gasteiger partial charge in [-0.3, -0.25) is 0 Å². The van der Waals surface area contributed by atoms with Crippen molar-refractivity contribution in [1.82, 2.24) is 10.6 Å². The molecule has 0 saturated carbocycles. The van der Waals surface area contributed by atoms with Crippen LogP contribution in [0.5, 0.6) is 0 Å². The molecule has 0 saturated heterocycles. The van der Waals surface area contributed by atoms with Crippen LogP contribution in [0.3, 0.4) is 0 Å². The molecule has 0 aliphatic rings. The van der Waals surface area contributed by atoms with Gasteiger partial charge in [0.1, 0.15) is 11.3 Å². The van der Waals surface area contributed by atoms with Crippen LogP contribution in [0.15, 0.2) is 28.7 Å². The SMILES string of the molecule is Cc1ccc2oc(CNCCNCC(C)C)cc2c1. The molecule has 0 spiro atoms. The first kappa shape index (κ1) is 14.1. The number of aryl methyl sites for hydroxylation is 1. The summed E-state index contributed by atoms with van der Waals surface area (Å²) in [6, 6.07) is 8.40. The first-order valence-electron chi connectivity index (χ1n) is 7.05. The van der Waals surface area contributed by atoms with Crippen LogP contribution >= 0.6 is 0 Å². The van der Waals surface area contributed by atoms with Gasteiger partial charge in [-0.15, -0.1) is 0 Å². The van der Waals surface area contributed by atoms with Crippen molar-refractivity contribution in [3.63, 3.8) is 0 Å². The average Bonchev–Trinajstić information content (AvgIpc) is 2.75. The fourth-order valence-electron chi connectivity index (χ4n) is 2.08. The third kappa shape index (κ3) is 4.37. The molecule has 2 aromatic rings. The molecule has 0 amide bonds. The minimum atomic E-state index is 0.707. The molecular formula is C16H24N2O. The van der Waals surface area contributed by atoms with E-state index in [9.17, 15) is 0 Å². The molecule has 0 unspecified atom stereocenters. The van der Waals surface area contributed by atoms with Crippen LogP contribution in [0.4, 0.5) is 0 Å². The highest BCUT2D eigenvalue weighted by molar-refractivity contribution is 5.78. The van der Waals surface area contributed by atoms with Gasteiger partial charge < -0.3 is 15.1 Å². The van der Waals surface area contributed by atoms with Crippen LogP contribution in [-0.4, -0.2) is 19.6 Å². The maximum atomic E-state index is 5.78. The highest BCUT2D eigenvalue weighted by Crippen LogP contribution is 2.20. The third-order valence-corrected chi connectivity index (χ3v) is 3.05. The zero-order valence-electron chi connectivity index (χ0n) is 12.1. The smallest absolute Gasteiger partial charge is 0.134 e. The maximum Gasteiger partial charge on any atom is 0.134 e. The summed E-state index contributed by atoms with van der Waals surface area (Å²) in [5.74, 6) is 1.71. The Morgan fingerprint density at radius 3 is 2.68 bits per heavy atom. The zero-order chi connectivity index (χ0) is 13.7. The van der Waals surface area contributed by atoms with Crippen molar-refractivity contribution in [1.29, 1.82) is 0 Å². The number of nitrogens with one attached hydrogen (secondary N) is 2. The van der Waals surface area contributed by atoms with E-state index >= 15 is 0 Å². The van der Waals surface area contributed by atoms with E-state index in [1.54, 1.807) is 0 Å². The van der Waals surface area contributed by atoms with E-state index in [-0.39, 0.29) is 0 Å². The van der Waals surface area contributed by atoms with Gasteiger partial charge in [0, 0.05) is 18.5 Å². The predicted octanol–water partition coefficient (Wildman–Crippen LogP) is 3.08. The van der Waals surface area contributed by atoms with Crippen LogP contribution in [-0.2, 0) is 6.54 Å². The highest BCUT2D eigenvalue weighted by Gasteiger charge is 2.03. The summed E-state index contributed by atoms with van der Waals surface area (Å²) in [5, 5.41) is 8.00. The molecule has 2 N–H and O–H groups in total. The Labute approximate surface area is 115 Å². The van der Waals surface area contributed by atoms with Gasteiger partial charge in [-0.25, -0.2) is 0 Å². The monoisotopic (exact) mass is 260 g/mol. The lowest BCUT2D eigenvalue weighted by Crippen LogP contribution is -2.29. The van der Waals surface area contributed by atoms with Gasteiger partial charge in [0.2, 0.25) is 0 Å². The lowest BCUT2D eigenvalue weighted by molar-refractivity contribution is 0.496. The summed E-state index contributed by atoms with van der Waals surface area (Å²) in [5.41, 5.74) is 2.24. The molecular weight excluding hydrogens is 236 g/mol. The second-order valence-corrected chi connectivity index (χ2v) is 5.53. The van der Waals surface area contributed by atoms with Gasteiger partial charge in [-0.05, 0) is 37.6 Å². The van der Waals surface area contributed by atoms with Crippen LogP contribution in [0.25, 0.3) is 11.0 Å². The molecule has 19 heavy (non-hydrogen) atoms. The fourth-order valence-corrected chi connectivity index (χ4v) is 2.08. The summed E-state index contributed by atoms with van der Waals surface area (Å²) >= 11 is 0. The molecule has 1 heterocycles. The van der Waals surface area contributed by atoms with E-state index in [1.807, 2.05) is 6.07 Å². The van der Waals surface area contributed by atoms with Crippen LogP contribution < -0.4 is 10.6 Å². The van der Waals surface area contributed by atoms with Crippen molar-refractivity contribution in [2.75, 3.05) is 19.6 Å². The van der Waals surface area contributed by atoms with Crippen LogP contribution in [0.2, 0.25) is 0 Å². The Morgan fingerprint density at radius 2 is 1.89 bits per heavy atom. The summed E-state index contributed by atoms with van der Waals surface area (Å²) < 4.78 is 5.78. The van der Waals surface area contributed by atoms with Crippen molar-refractivity contribution >= 4 is 11.0 Å². The van der Waals surface area contributed by atoms with Crippen LogP contribution in [0, 0.1) is 12.8 Å². The number of benzene rings is 1. The van der Waals surface area contributed by atoms with Gasteiger partial charge in [0.15, 0.2) is 0 Å². The quantitative estimate of drug-likeness (QED) is 0.751. The van der Waals surface area contributed by atoms with Gasteiger partial charge >= 0.3 is 0 Å². The largest absolute Gasteiger partial charge is 0.460 e. The molecule has 0 aliphatic heterocycles. The van der Waals surface area contributed by atoms with Crippen molar-refractivity contribution < 1.29 is 4.42 Å². The molecule has 104 valence electrons. The summed E-state index contributed by atoms with van der Waals surface area (Å²) in [7, 11) is 0. The van der Waals surface area contributed by atoms with Crippen LogP contribution in [0.1, 0.15) is 25.2 Å². The normalized spacial score (nSPS) is 11.6. The first-order chi connectivity index (χ1) is 9.15. The Hall–Kier alpha value is -1.32. The Balaban J connectivity index is 1.75. The molecule has 0 radical (unpaired) electrons. The highest BCUT2D eigenvalue weighted by atomic mass is 16.3. The topological polar surface area (TPSA) is 37.2 Å². The van der Waals surface area contributed by atoms with Gasteiger partial charge in [-0.2, -0.15) is 0 Å². The molecule has 3 heteroatoms. The Kier molecular flexibility index (Phi) is 5.00. The summed E-state index contributed by atoms with van der Waals surface area (Å²) in [4.78, 5) is 0. The lowest BCUT2D eigenvalue weighted by atomic mass is 10.2. The molecule has 1 aromatic carbocycles. The van der Waals surface area contributed by atoms with Gasteiger partial charge in [0.25, 0.3) is 0 Å². The Morgan fingerprint density at radius 1 is 1.11 bits per heavy atom. The van der Waals surface area contributed by atoms with E-state index in [1.165, 1.54) is 10.9 Å². The number of rotatable bonds is 7. The maximum absolute atomic E-state index is 5.78. The molecule has 0 aliphatic carbocycles. The summed E-state index contributed by atoms with van der Waals surface area (Å²) in [6.07, 6.45) is 0. The van der Waals surface area contributed by atoms with Crippen molar-refractivity contribution in [2.24, 2.45) is 5.92 Å². The van der Waals surface area contributed by atoms with E-state index in [2.05, 4.69) is 49.6 Å². The lowest BCUT2D eigenvalue weighted by Gasteiger charge is -2.07. The molecule has 0 atom stereocenters. The van der Waals surface area contributed by atoms with Crippen molar-refractivity contribution in [3.05, 3.63) is 35.6 Å². The van der Waals surface area contributed by atoms with Gasteiger partial charge in [0.05, 0.1) is 6.54 Å². The number of furan rings is 1. The molecule has 0 fully saturated rings. The molecule has 2 rings (SSSR count). The predicted molar refractivity (Wildman–Crippen MR) is 80.4 cm³/mol. The first-order valence-corrected chi connectivity index (χ1v) is 7.05. The van der Waals surface area contributed by atoms with E-state index in [4.69, 9.17) is 4.42 Å². The number of hydrogen-bond donors (Lipinski definition) is 2. The van der Waals surface area contributed by atoms with E-state index < -0.39 is 0 Å². The molecule has 0 bridgehead atoms. The zero-order valence-corrected chi connectivity index (χ0v) is 12.1. The van der Waals surface area contributed by atoms with Gasteiger partial charge in [-0.1, -0.05) is 25.5 Å². The second-order valence-electron chi connectivity index (χ2n) is 5.53. The number of fused-ring (bicyclic) bond motifs is 1. The summed E-state index contributed by atoms with van der Waals surface area (Å²) in [6.45, 7) is 10.4. The average molecular weight is 260 g/mol. The molecule has 3 nitrogen and oxygen atoms in total. The Bertz CT molecular complexity index is 516. The van der Waals surface area contributed by atoms with E-state index in [0.29, 0.717) is 5.92 Å². The second kappa shape index (κ2) is 6.73. The molecule has 1 aromatic heterocycles. The van der Waals surface area contributed by atoms with Crippen molar-refractivity contribution in [2.45, 2.75) is 27.3 Å². The standard InChI is InChI=1S/C16H24N2O/c1-12(2)10-17-6-7-18-11-15-9-14-8-13(3)4-5-16(14)19-15/h4-5,8-9,12,17-18H,6-7,10-11H2,1-3H3. The minimum absolute atomic E-state index is 0.707. The fraction of sp³-hybridized carbons (Fsp3) is 0.500. The number of hydrogen-bond acceptors (Lipinski definition) is 3. The van der Waals surface area contributed by atoms with E-state index in [0.717, 1.165) is 37.5 Å². The van der Waals surface area contributed by atoms with Crippen molar-refractivity contribution in [3.8, 4) is 0 Å².